The van der Waals surface area contributed by atoms with Crippen LogP contribution >= 0.6 is 15.9 Å². The van der Waals surface area contributed by atoms with Gasteiger partial charge in [0.15, 0.2) is 0 Å². The van der Waals surface area contributed by atoms with Crippen molar-refractivity contribution in [1.29, 1.82) is 0 Å². The van der Waals surface area contributed by atoms with Crippen molar-refractivity contribution in [2.45, 2.75) is 6.54 Å². The SMILES string of the molecule is O=C(c1cnccn1)N1CCN(Cc2cccc(Br)c2)CC1. The van der Waals surface area contributed by atoms with Crippen molar-refractivity contribution < 1.29 is 4.79 Å². The average Bonchev–Trinajstić information content (AvgIpc) is 2.56. The first-order chi connectivity index (χ1) is 10.7. The lowest BCUT2D eigenvalue weighted by molar-refractivity contribution is 0.0622. The summed E-state index contributed by atoms with van der Waals surface area (Å²) in [5, 5.41) is 0. The van der Waals surface area contributed by atoms with E-state index in [2.05, 4.69) is 42.9 Å². The van der Waals surface area contributed by atoms with Gasteiger partial charge in [-0.1, -0.05) is 28.1 Å². The van der Waals surface area contributed by atoms with Crippen LogP contribution in [0, 0.1) is 0 Å². The molecule has 1 aliphatic heterocycles. The Morgan fingerprint density at radius 3 is 2.68 bits per heavy atom. The molecule has 6 heteroatoms. The Morgan fingerprint density at radius 2 is 2.00 bits per heavy atom. The van der Waals surface area contributed by atoms with Gasteiger partial charge in [0.05, 0.1) is 6.20 Å². The third kappa shape index (κ3) is 3.69. The lowest BCUT2D eigenvalue weighted by Crippen LogP contribution is -2.48. The topological polar surface area (TPSA) is 49.3 Å². The van der Waals surface area contributed by atoms with Gasteiger partial charge in [0, 0.05) is 49.6 Å². The maximum absolute atomic E-state index is 12.3. The lowest BCUT2D eigenvalue weighted by Gasteiger charge is -2.34. The molecule has 1 aromatic heterocycles. The number of hydrogen-bond donors (Lipinski definition) is 0. The number of amides is 1. The zero-order valence-corrected chi connectivity index (χ0v) is 13.7. The fourth-order valence-corrected chi connectivity index (χ4v) is 3.02. The summed E-state index contributed by atoms with van der Waals surface area (Å²) in [5.41, 5.74) is 1.70. The first-order valence-electron chi connectivity index (χ1n) is 7.24. The maximum Gasteiger partial charge on any atom is 0.274 e. The van der Waals surface area contributed by atoms with Crippen LogP contribution in [0.5, 0.6) is 0 Å². The van der Waals surface area contributed by atoms with Crippen LogP contribution in [0.4, 0.5) is 0 Å². The highest BCUT2D eigenvalue weighted by Gasteiger charge is 2.22. The summed E-state index contributed by atoms with van der Waals surface area (Å²) in [5.74, 6) is -0.0322. The first kappa shape index (κ1) is 15.1. The zero-order valence-electron chi connectivity index (χ0n) is 12.2. The Balaban J connectivity index is 1.55. The van der Waals surface area contributed by atoms with E-state index in [1.165, 1.54) is 11.8 Å². The van der Waals surface area contributed by atoms with E-state index < -0.39 is 0 Å². The molecule has 0 spiro atoms. The van der Waals surface area contributed by atoms with E-state index in [4.69, 9.17) is 0 Å². The summed E-state index contributed by atoms with van der Waals surface area (Å²) in [6.07, 6.45) is 4.65. The van der Waals surface area contributed by atoms with E-state index in [0.29, 0.717) is 5.69 Å². The van der Waals surface area contributed by atoms with Gasteiger partial charge in [-0.15, -0.1) is 0 Å². The van der Waals surface area contributed by atoms with Gasteiger partial charge in [0.1, 0.15) is 5.69 Å². The molecule has 2 heterocycles. The second-order valence-electron chi connectivity index (χ2n) is 5.29. The van der Waals surface area contributed by atoms with Crippen LogP contribution < -0.4 is 0 Å². The average molecular weight is 361 g/mol. The molecule has 5 nitrogen and oxygen atoms in total. The summed E-state index contributed by atoms with van der Waals surface area (Å²) < 4.78 is 1.10. The van der Waals surface area contributed by atoms with Crippen LogP contribution in [0.15, 0.2) is 47.3 Å². The standard InChI is InChI=1S/C16H17BrN4O/c17-14-3-1-2-13(10-14)12-20-6-8-21(9-7-20)16(22)15-11-18-4-5-19-15/h1-5,10-11H,6-9,12H2. The predicted octanol–water partition coefficient (Wildman–Crippen LogP) is 2.20. The van der Waals surface area contributed by atoms with Gasteiger partial charge in [-0.3, -0.25) is 14.7 Å². The van der Waals surface area contributed by atoms with Crippen LogP contribution in [0.2, 0.25) is 0 Å². The summed E-state index contributed by atoms with van der Waals surface area (Å²) >= 11 is 3.50. The molecule has 1 saturated heterocycles. The quantitative estimate of drug-likeness (QED) is 0.841. The molecule has 1 aliphatic rings. The van der Waals surface area contributed by atoms with E-state index in [0.717, 1.165) is 37.2 Å². The molecule has 0 aliphatic carbocycles. The molecular formula is C16H17BrN4O. The molecule has 1 amide bonds. The van der Waals surface area contributed by atoms with Crippen molar-refractivity contribution in [1.82, 2.24) is 19.8 Å². The molecule has 114 valence electrons. The molecule has 22 heavy (non-hydrogen) atoms. The highest BCUT2D eigenvalue weighted by molar-refractivity contribution is 9.10. The van der Waals surface area contributed by atoms with Crippen molar-refractivity contribution in [3.63, 3.8) is 0 Å². The van der Waals surface area contributed by atoms with E-state index in [1.807, 2.05) is 17.0 Å². The molecule has 0 bridgehead atoms. The highest BCUT2D eigenvalue weighted by Crippen LogP contribution is 2.15. The molecule has 1 fully saturated rings. The van der Waals surface area contributed by atoms with Crippen molar-refractivity contribution in [3.8, 4) is 0 Å². The number of aromatic nitrogens is 2. The fraction of sp³-hybridized carbons (Fsp3) is 0.312. The Kier molecular flexibility index (Phi) is 4.80. The number of nitrogens with zero attached hydrogens (tertiary/aromatic N) is 4. The van der Waals surface area contributed by atoms with E-state index in [1.54, 1.807) is 12.4 Å². The first-order valence-corrected chi connectivity index (χ1v) is 8.04. The number of carbonyl (C=O) groups is 1. The molecule has 0 radical (unpaired) electrons. The minimum absolute atomic E-state index is 0.0322. The van der Waals surface area contributed by atoms with Gasteiger partial charge in [-0.25, -0.2) is 4.98 Å². The Labute approximate surface area is 138 Å². The summed E-state index contributed by atoms with van der Waals surface area (Å²) in [6, 6.07) is 8.34. The highest BCUT2D eigenvalue weighted by atomic mass is 79.9. The van der Waals surface area contributed by atoms with Crippen LogP contribution in [-0.2, 0) is 6.54 Å². The van der Waals surface area contributed by atoms with Gasteiger partial charge < -0.3 is 4.90 Å². The number of benzene rings is 1. The molecule has 0 saturated carbocycles. The van der Waals surface area contributed by atoms with Crippen molar-refractivity contribution in [2.24, 2.45) is 0 Å². The van der Waals surface area contributed by atoms with E-state index in [-0.39, 0.29) is 5.91 Å². The monoisotopic (exact) mass is 360 g/mol. The molecule has 0 N–H and O–H groups in total. The Morgan fingerprint density at radius 1 is 1.18 bits per heavy atom. The largest absolute Gasteiger partial charge is 0.335 e. The Bertz CT molecular complexity index is 642. The smallest absolute Gasteiger partial charge is 0.274 e. The normalized spacial score (nSPS) is 15.8. The predicted molar refractivity (Wildman–Crippen MR) is 87.4 cm³/mol. The van der Waals surface area contributed by atoms with E-state index >= 15 is 0 Å². The van der Waals surface area contributed by atoms with Gasteiger partial charge in [-0.05, 0) is 17.7 Å². The van der Waals surface area contributed by atoms with Crippen LogP contribution in [0.1, 0.15) is 16.1 Å². The molecule has 0 atom stereocenters. The summed E-state index contributed by atoms with van der Waals surface area (Å²) in [4.78, 5) is 24.6. The Hall–Kier alpha value is -1.79. The minimum atomic E-state index is -0.0322. The van der Waals surface area contributed by atoms with Gasteiger partial charge in [0.25, 0.3) is 5.91 Å². The molecule has 2 aromatic rings. The summed E-state index contributed by atoms with van der Waals surface area (Å²) in [7, 11) is 0. The fourth-order valence-electron chi connectivity index (χ4n) is 2.57. The number of rotatable bonds is 3. The van der Waals surface area contributed by atoms with Gasteiger partial charge in [0.2, 0.25) is 0 Å². The van der Waals surface area contributed by atoms with Gasteiger partial charge in [-0.2, -0.15) is 0 Å². The maximum atomic E-state index is 12.3. The van der Waals surface area contributed by atoms with Crippen LogP contribution in [-0.4, -0.2) is 51.9 Å². The molecule has 0 unspecified atom stereocenters. The summed E-state index contributed by atoms with van der Waals surface area (Å²) in [6.45, 7) is 4.11. The van der Waals surface area contributed by atoms with Crippen molar-refractivity contribution >= 4 is 21.8 Å². The number of halogens is 1. The van der Waals surface area contributed by atoms with Crippen LogP contribution in [0.3, 0.4) is 0 Å². The third-order valence-corrected chi connectivity index (χ3v) is 4.23. The number of piperazine rings is 1. The van der Waals surface area contributed by atoms with Crippen molar-refractivity contribution in [2.75, 3.05) is 26.2 Å². The molecular weight excluding hydrogens is 344 g/mol. The number of hydrogen-bond acceptors (Lipinski definition) is 4. The minimum Gasteiger partial charge on any atom is -0.335 e. The number of carbonyl (C=O) groups excluding carboxylic acids is 1. The third-order valence-electron chi connectivity index (χ3n) is 3.74. The molecule has 1 aromatic carbocycles. The lowest BCUT2D eigenvalue weighted by atomic mass is 10.2. The van der Waals surface area contributed by atoms with Gasteiger partial charge >= 0.3 is 0 Å². The van der Waals surface area contributed by atoms with Crippen molar-refractivity contribution in [3.05, 3.63) is 58.6 Å². The zero-order chi connectivity index (χ0) is 15.4. The van der Waals surface area contributed by atoms with E-state index in [9.17, 15) is 4.79 Å². The second kappa shape index (κ2) is 6.98. The second-order valence-corrected chi connectivity index (χ2v) is 6.20. The molecule has 3 rings (SSSR count). The van der Waals surface area contributed by atoms with Crippen LogP contribution in [0.25, 0.3) is 0 Å².